The Morgan fingerprint density at radius 1 is 1.19 bits per heavy atom. The van der Waals surface area contributed by atoms with Gasteiger partial charge in [0.1, 0.15) is 6.61 Å². The largest absolute Gasteiger partial charge is 0.417 e. The lowest BCUT2D eigenvalue weighted by Crippen LogP contribution is -2.47. The second-order valence-corrected chi connectivity index (χ2v) is 6.22. The first-order chi connectivity index (χ1) is 12.8. The lowest BCUT2D eigenvalue weighted by atomic mass is 10.0. The van der Waals surface area contributed by atoms with Crippen LogP contribution in [0.2, 0.25) is 0 Å². The zero-order valence-electron chi connectivity index (χ0n) is 15.1. The van der Waals surface area contributed by atoms with E-state index >= 15 is 0 Å². The number of rotatable bonds is 7. The van der Waals surface area contributed by atoms with Gasteiger partial charge in [0, 0.05) is 26.2 Å². The van der Waals surface area contributed by atoms with Gasteiger partial charge >= 0.3 is 6.18 Å². The average Bonchev–Trinajstić information content (AvgIpc) is 2.65. The Morgan fingerprint density at radius 3 is 2.48 bits per heavy atom. The number of piperidine rings is 1. The first-order valence-electron chi connectivity index (χ1n) is 8.64. The Kier molecular flexibility index (Phi) is 7.61. The summed E-state index contributed by atoms with van der Waals surface area (Å²) < 4.78 is 49.1. The third-order valence-corrected chi connectivity index (χ3v) is 4.32. The summed E-state index contributed by atoms with van der Waals surface area (Å²) in [5, 5.41) is 2.64. The molecule has 2 amide bonds. The molecule has 9 heteroatoms. The van der Waals surface area contributed by atoms with E-state index in [1.54, 1.807) is 4.90 Å². The van der Waals surface area contributed by atoms with Crippen molar-refractivity contribution < 1.29 is 32.2 Å². The summed E-state index contributed by atoms with van der Waals surface area (Å²) in [5.41, 5.74) is -1.35. The van der Waals surface area contributed by atoms with Gasteiger partial charge in [0.15, 0.2) is 0 Å². The predicted molar refractivity (Wildman–Crippen MR) is 91.2 cm³/mol. The van der Waals surface area contributed by atoms with E-state index in [1.165, 1.54) is 19.2 Å². The van der Waals surface area contributed by atoms with Gasteiger partial charge in [0.25, 0.3) is 5.91 Å². The van der Waals surface area contributed by atoms with E-state index in [9.17, 15) is 22.8 Å². The Labute approximate surface area is 155 Å². The van der Waals surface area contributed by atoms with E-state index in [4.69, 9.17) is 9.47 Å². The van der Waals surface area contributed by atoms with Crippen LogP contribution in [0.1, 0.15) is 28.8 Å². The molecule has 1 N–H and O–H groups in total. The fourth-order valence-electron chi connectivity index (χ4n) is 2.86. The molecule has 27 heavy (non-hydrogen) atoms. The van der Waals surface area contributed by atoms with Crippen molar-refractivity contribution in [1.29, 1.82) is 0 Å². The maximum atomic E-state index is 13.0. The Morgan fingerprint density at radius 2 is 1.85 bits per heavy atom. The molecule has 1 saturated heterocycles. The number of nitrogens with zero attached hydrogens (tertiary/aromatic N) is 1. The minimum atomic E-state index is -4.59. The number of benzene rings is 1. The second-order valence-electron chi connectivity index (χ2n) is 6.22. The molecule has 1 fully saturated rings. The number of hydrogen-bond donors (Lipinski definition) is 1. The van der Waals surface area contributed by atoms with Crippen molar-refractivity contribution in [3.63, 3.8) is 0 Å². The van der Waals surface area contributed by atoms with Crippen molar-refractivity contribution in [1.82, 2.24) is 10.2 Å². The number of carbonyl (C=O) groups is 2. The molecule has 1 heterocycles. The fraction of sp³-hybridized carbons (Fsp3) is 0.556. The maximum absolute atomic E-state index is 13.0. The normalized spacial score (nSPS) is 15.6. The summed E-state index contributed by atoms with van der Waals surface area (Å²) in [6.45, 7) is 1.52. The van der Waals surface area contributed by atoms with Crippen molar-refractivity contribution in [3.05, 3.63) is 35.4 Å². The smallest absolute Gasteiger partial charge is 0.382 e. The van der Waals surface area contributed by atoms with Crippen LogP contribution in [-0.2, 0) is 20.4 Å². The SMILES string of the molecule is COCCOCC(=O)N1CCC(NC(=O)c2ccccc2C(F)(F)F)CC1. The molecule has 0 spiro atoms. The molecule has 0 saturated carbocycles. The van der Waals surface area contributed by atoms with Gasteiger partial charge in [-0.3, -0.25) is 9.59 Å². The van der Waals surface area contributed by atoms with Gasteiger partial charge in [-0.1, -0.05) is 12.1 Å². The Bertz CT molecular complexity index is 644. The highest BCUT2D eigenvalue weighted by Crippen LogP contribution is 2.31. The van der Waals surface area contributed by atoms with Crippen LogP contribution in [0.4, 0.5) is 13.2 Å². The van der Waals surface area contributed by atoms with Gasteiger partial charge in [-0.2, -0.15) is 13.2 Å². The molecule has 1 aliphatic rings. The number of carbonyl (C=O) groups excluding carboxylic acids is 2. The van der Waals surface area contributed by atoms with Gasteiger partial charge < -0.3 is 19.7 Å². The first kappa shape index (κ1) is 21.2. The highest BCUT2D eigenvalue weighted by atomic mass is 19.4. The topological polar surface area (TPSA) is 67.9 Å². The molecule has 1 aromatic rings. The van der Waals surface area contributed by atoms with Crippen LogP contribution in [0.15, 0.2) is 24.3 Å². The molecule has 0 aliphatic carbocycles. The molecule has 6 nitrogen and oxygen atoms in total. The van der Waals surface area contributed by atoms with Crippen LogP contribution in [0.3, 0.4) is 0 Å². The van der Waals surface area contributed by atoms with Gasteiger partial charge in [0.2, 0.25) is 5.91 Å². The standard InChI is InChI=1S/C18H23F3N2O4/c1-26-10-11-27-12-16(24)23-8-6-13(7-9-23)22-17(25)14-4-2-3-5-15(14)18(19,20)21/h2-5,13H,6-12H2,1H3,(H,22,25). The number of alkyl halides is 3. The molecule has 0 bridgehead atoms. The highest BCUT2D eigenvalue weighted by molar-refractivity contribution is 5.96. The number of likely N-dealkylation sites (tertiary alicyclic amines) is 1. The molecule has 0 atom stereocenters. The van der Waals surface area contributed by atoms with Crippen molar-refractivity contribution in [2.24, 2.45) is 0 Å². The molecular weight excluding hydrogens is 365 g/mol. The maximum Gasteiger partial charge on any atom is 0.417 e. The molecule has 0 radical (unpaired) electrons. The number of ether oxygens (including phenoxy) is 2. The summed E-state index contributed by atoms with van der Waals surface area (Å²) in [6.07, 6.45) is -3.64. The third-order valence-electron chi connectivity index (χ3n) is 4.32. The minimum absolute atomic E-state index is 0.0423. The molecule has 0 aromatic heterocycles. The summed E-state index contributed by atoms with van der Waals surface area (Å²) in [4.78, 5) is 25.9. The van der Waals surface area contributed by atoms with Crippen molar-refractivity contribution in [2.45, 2.75) is 25.1 Å². The van der Waals surface area contributed by atoms with Crippen LogP contribution in [0, 0.1) is 0 Å². The Hall–Kier alpha value is -2.13. The summed E-state index contributed by atoms with van der Waals surface area (Å²) in [5.74, 6) is -0.908. The first-order valence-corrected chi connectivity index (χ1v) is 8.64. The van der Waals surface area contributed by atoms with Crippen LogP contribution in [0.25, 0.3) is 0 Å². The lowest BCUT2D eigenvalue weighted by Gasteiger charge is -2.32. The van der Waals surface area contributed by atoms with Gasteiger partial charge in [-0.25, -0.2) is 0 Å². The third kappa shape index (κ3) is 6.21. The van der Waals surface area contributed by atoms with Crippen LogP contribution < -0.4 is 5.32 Å². The van der Waals surface area contributed by atoms with Gasteiger partial charge in [-0.15, -0.1) is 0 Å². The molecule has 150 valence electrons. The molecular formula is C18H23F3N2O4. The second kappa shape index (κ2) is 9.70. The number of hydrogen-bond acceptors (Lipinski definition) is 4. The lowest BCUT2D eigenvalue weighted by molar-refractivity contribution is -0.138. The van der Waals surface area contributed by atoms with Crippen molar-refractivity contribution >= 4 is 11.8 Å². The molecule has 1 aromatic carbocycles. The van der Waals surface area contributed by atoms with E-state index in [0.29, 0.717) is 39.1 Å². The van der Waals surface area contributed by atoms with Crippen molar-refractivity contribution in [2.75, 3.05) is 40.0 Å². The van der Waals surface area contributed by atoms with E-state index in [-0.39, 0.29) is 18.6 Å². The molecule has 2 rings (SSSR count). The van der Waals surface area contributed by atoms with E-state index in [2.05, 4.69) is 5.32 Å². The van der Waals surface area contributed by atoms with Gasteiger partial charge in [-0.05, 0) is 25.0 Å². The summed E-state index contributed by atoms with van der Waals surface area (Å²) in [7, 11) is 1.54. The van der Waals surface area contributed by atoms with E-state index < -0.39 is 23.2 Å². The Balaban J connectivity index is 1.84. The minimum Gasteiger partial charge on any atom is -0.382 e. The summed E-state index contributed by atoms with van der Waals surface area (Å²) in [6, 6.07) is 4.42. The zero-order valence-corrected chi connectivity index (χ0v) is 15.1. The fourth-order valence-corrected chi connectivity index (χ4v) is 2.86. The van der Waals surface area contributed by atoms with E-state index in [1.807, 2.05) is 0 Å². The number of methoxy groups -OCH3 is 1. The quantitative estimate of drug-likeness (QED) is 0.727. The number of amides is 2. The zero-order chi connectivity index (χ0) is 19.9. The van der Waals surface area contributed by atoms with Crippen LogP contribution in [-0.4, -0.2) is 62.8 Å². The number of nitrogens with one attached hydrogen (secondary N) is 1. The predicted octanol–water partition coefficient (Wildman–Crippen LogP) is 2.09. The van der Waals surface area contributed by atoms with Crippen LogP contribution >= 0.6 is 0 Å². The highest BCUT2D eigenvalue weighted by Gasteiger charge is 2.35. The van der Waals surface area contributed by atoms with E-state index in [0.717, 1.165) is 12.1 Å². The van der Waals surface area contributed by atoms with Crippen molar-refractivity contribution in [3.8, 4) is 0 Å². The molecule has 0 unspecified atom stereocenters. The average molecular weight is 388 g/mol. The monoisotopic (exact) mass is 388 g/mol. The van der Waals surface area contributed by atoms with Crippen LogP contribution in [0.5, 0.6) is 0 Å². The summed E-state index contributed by atoms with van der Waals surface area (Å²) >= 11 is 0. The molecule has 1 aliphatic heterocycles. The van der Waals surface area contributed by atoms with Gasteiger partial charge in [0.05, 0.1) is 24.3 Å². The number of halogens is 3.